The lowest BCUT2D eigenvalue weighted by atomic mass is 10.0. The summed E-state index contributed by atoms with van der Waals surface area (Å²) in [5.74, 6) is 0.319. The maximum atomic E-state index is 12.1. The van der Waals surface area contributed by atoms with E-state index in [2.05, 4.69) is 24.5 Å². The summed E-state index contributed by atoms with van der Waals surface area (Å²) in [5, 5.41) is 7.57. The number of amides is 2. The lowest BCUT2D eigenvalue weighted by Crippen LogP contribution is -2.44. The van der Waals surface area contributed by atoms with Gasteiger partial charge in [-0.15, -0.1) is 11.3 Å². The third-order valence-corrected chi connectivity index (χ3v) is 3.95. The van der Waals surface area contributed by atoms with Crippen molar-refractivity contribution in [2.75, 3.05) is 13.2 Å². The van der Waals surface area contributed by atoms with Gasteiger partial charge in [0.05, 0.1) is 11.5 Å². The first-order valence-corrected chi connectivity index (χ1v) is 8.07. The fraction of sp³-hybridized carbons (Fsp3) is 0.600. The largest absolute Gasteiger partial charge is 0.450 e. The lowest BCUT2D eigenvalue weighted by molar-refractivity contribution is 0.0948. The molecule has 2 amide bonds. The maximum Gasteiger partial charge on any atom is 0.407 e. The normalized spacial score (nSPS) is 12.0. The molecule has 0 aliphatic carbocycles. The number of hydrogen-bond acceptors (Lipinski definition) is 4. The van der Waals surface area contributed by atoms with Gasteiger partial charge in [-0.3, -0.25) is 4.79 Å². The lowest BCUT2D eigenvalue weighted by Gasteiger charge is -2.20. The Hall–Kier alpha value is -1.56. The van der Waals surface area contributed by atoms with Gasteiger partial charge in [-0.05, 0) is 43.2 Å². The molecule has 0 aliphatic heterocycles. The van der Waals surface area contributed by atoms with Gasteiger partial charge in [-0.2, -0.15) is 0 Å². The van der Waals surface area contributed by atoms with Crippen LogP contribution in [0.1, 0.15) is 42.4 Å². The second kappa shape index (κ2) is 8.67. The van der Waals surface area contributed by atoms with Crippen LogP contribution in [-0.4, -0.2) is 31.2 Å². The Bertz CT molecular complexity index is 471. The number of hydrogen-bond donors (Lipinski definition) is 2. The molecule has 5 nitrogen and oxygen atoms in total. The minimum Gasteiger partial charge on any atom is -0.450 e. The van der Waals surface area contributed by atoms with E-state index in [4.69, 9.17) is 4.74 Å². The molecule has 1 aromatic rings. The average molecular weight is 312 g/mol. The highest BCUT2D eigenvalue weighted by molar-refractivity contribution is 7.12. The summed E-state index contributed by atoms with van der Waals surface area (Å²) in [6, 6.07) is 1.79. The number of rotatable bonds is 7. The van der Waals surface area contributed by atoms with Crippen LogP contribution in [0.5, 0.6) is 0 Å². The summed E-state index contributed by atoms with van der Waals surface area (Å²) in [7, 11) is 0. The van der Waals surface area contributed by atoms with Gasteiger partial charge < -0.3 is 15.4 Å². The van der Waals surface area contributed by atoms with Crippen molar-refractivity contribution in [2.45, 2.75) is 40.2 Å². The number of carbonyl (C=O) groups excluding carboxylic acids is 2. The van der Waals surface area contributed by atoms with E-state index in [1.165, 1.54) is 11.3 Å². The highest BCUT2D eigenvalue weighted by Crippen LogP contribution is 2.15. The number of alkyl carbamates (subject to hydrolysis) is 1. The van der Waals surface area contributed by atoms with Crippen molar-refractivity contribution in [1.82, 2.24) is 10.6 Å². The summed E-state index contributed by atoms with van der Waals surface area (Å²) in [5.41, 5.74) is 0.969. The number of nitrogens with one attached hydrogen (secondary N) is 2. The van der Waals surface area contributed by atoms with E-state index in [1.54, 1.807) is 6.92 Å². The van der Waals surface area contributed by atoms with Crippen LogP contribution in [0.4, 0.5) is 4.79 Å². The molecule has 1 rings (SSSR count). The van der Waals surface area contributed by atoms with Crippen molar-refractivity contribution in [3.8, 4) is 0 Å². The Morgan fingerprint density at radius 3 is 2.62 bits per heavy atom. The van der Waals surface area contributed by atoms with Crippen LogP contribution in [0.25, 0.3) is 0 Å². The molecule has 0 saturated heterocycles. The highest BCUT2D eigenvalue weighted by atomic mass is 32.1. The van der Waals surface area contributed by atoms with Gasteiger partial charge in [0.1, 0.15) is 0 Å². The van der Waals surface area contributed by atoms with Gasteiger partial charge in [-0.25, -0.2) is 4.79 Å². The predicted molar refractivity (Wildman–Crippen MR) is 84.8 cm³/mol. The fourth-order valence-electron chi connectivity index (χ4n) is 2.00. The SMILES string of the molecule is CCOC(=O)N[C@H](CNC(=O)c1sccc1C)CC(C)C. The van der Waals surface area contributed by atoms with Crippen molar-refractivity contribution < 1.29 is 14.3 Å². The molecule has 2 N–H and O–H groups in total. The maximum absolute atomic E-state index is 12.1. The molecule has 1 heterocycles. The molecule has 118 valence electrons. The molecule has 0 saturated carbocycles. The number of carbonyl (C=O) groups is 2. The molecule has 21 heavy (non-hydrogen) atoms. The molecular weight excluding hydrogens is 288 g/mol. The highest BCUT2D eigenvalue weighted by Gasteiger charge is 2.17. The van der Waals surface area contributed by atoms with E-state index in [0.29, 0.717) is 19.1 Å². The van der Waals surface area contributed by atoms with Gasteiger partial charge in [0.2, 0.25) is 0 Å². The Balaban J connectivity index is 2.54. The van der Waals surface area contributed by atoms with Crippen molar-refractivity contribution >= 4 is 23.3 Å². The number of ether oxygens (including phenoxy) is 1. The molecule has 6 heteroatoms. The van der Waals surface area contributed by atoms with Crippen LogP contribution in [0, 0.1) is 12.8 Å². The van der Waals surface area contributed by atoms with Crippen LogP contribution in [-0.2, 0) is 4.74 Å². The first-order valence-electron chi connectivity index (χ1n) is 7.19. The zero-order valence-corrected chi connectivity index (χ0v) is 13.9. The topological polar surface area (TPSA) is 67.4 Å². The average Bonchev–Trinajstić information content (AvgIpc) is 2.81. The van der Waals surface area contributed by atoms with Crippen LogP contribution in [0.15, 0.2) is 11.4 Å². The predicted octanol–water partition coefficient (Wildman–Crippen LogP) is 2.95. The second-order valence-corrected chi connectivity index (χ2v) is 6.25. The molecule has 0 radical (unpaired) electrons. The van der Waals surface area contributed by atoms with Crippen molar-refractivity contribution in [3.05, 3.63) is 21.9 Å². The van der Waals surface area contributed by atoms with Crippen molar-refractivity contribution in [2.24, 2.45) is 5.92 Å². The van der Waals surface area contributed by atoms with Crippen LogP contribution >= 0.6 is 11.3 Å². The van der Waals surface area contributed by atoms with Crippen molar-refractivity contribution in [3.63, 3.8) is 0 Å². The van der Waals surface area contributed by atoms with Gasteiger partial charge in [0.15, 0.2) is 0 Å². The molecule has 0 bridgehead atoms. The van der Waals surface area contributed by atoms with Crippen molar-refractivity contribution in [1.29, 1.82) is 0 Å². The fourth-order valence-corrected chi connectivity index (χ4v) is 2.84. The van der Waals surface area contributed by atoms with Crippen LogP contribution in [0.3, 0.4) is 0 Å². The zero-order chi connectivity index (χ0) is 15.8. The van der Waals surface area contributed by atoms with E-state index >= 15 is 0 Å². The summed E-state index contributed by atoms with van der Waals surface area (Å²) in [6.07, 6.45) is 0.340. The van der Waals surface area contributed by atoms with E-state index in [1.807, 2.05) is 18.4 Å². The zero-order valence-electron chi connectivity index (χ0n) is 13.1. The smallest absolute Gasteiger partial charge is 0.407 e. The summed E-state index contributed by atoms with van der Waals surface area (Å²) >= 11 is 1.42. The minimum atomic E-state index is -0.440. The monoisotopic (exact) mass is 312 g/mol. The minimum absolute atomic E-state index is 0.0954. The van der Waals surface area contributed by atoms with Gasteiger partial charge in [0, 0.05) is 12.6 Å². The van der Waals surface area contributed by atoms with Gasteiger partial charge in [0.25, 0.3) is 5.91 Å². The molecular formula is C15H24N2O3S. The molecule has 0 aliphatic rings. The molecule has 0 fully saturated rings. The third kappa shape index (κ3) is 6.16. The second-order valence-electron chi connectivity index (χ2n) is 5.33. The van der Waals surface area contributed by atoms with E-state index < -0.39 is 6.09 Å². The summed E-state index contributed by atoms with van der Waals surface area (Å²) in [6.45, 7) is 8.55. The molecule has 1 aromatic heterocycles. The van der Waals surface area contributed by atoms with Crippen LogP contribution in [0.2, 0.25) is 0 Å². The molecule has 1 atom stereocenters. The first-order chi connectivity index (χ1) is 9.93. The Morgan fingerprint density at radius 1 is 1.38 bits per heavy atom. The number of aryl methyl sites for hydroxylation is 1. The quantitative estimate of drug-likeness (QED) is 0.813. The Kier molecular flexibility index (Phi) is 7.22. The molecule has 0 aromatic carbocycles. The molecule has 0 unspecified atom stereocenters. The number of thiophene rings is 1. The van der Waals surface area contributed by atoms with Gasteiger partial charge in [-0.1, -0.05) is 13.8 Å². The Morgan fingerprint density at radius 2 is 2.10 bits per heavy atom. The van der Waals surface area contributed by atoms with Gasteiger partial charge >= 0.3 is 6.09 Å². The standard InChI is InChI=1S/C15H24N2O3S/c1-5-20-15(19)17-12(8-10(2)3)9-16-14(18)13-11(4)6-7-21-13/h6-7,10,12H,5,8-9H2,1-4H3,(H,16,18)(H,17,19)/t12-/m0/s1. The van der Waals surface area contributed by atoms with E-state index in [9.17, 15) is 9.59 Å². The molecule has 0 spiro atoms. The van der Waals surface area contributed by atoms with Crippen LogP contribution < -0.4 is 10.6 Å². The Labute approximate surface area is 130 Å². The summed E-state index contributed by atoms with van der Waals surface area (Å²) < 4.78 is 4.89. The van der Waals surface area contributed by atoms with E-state index in [0.717, 1.165) is 16.9 Å². The summed E-state index contributed by atoms with van der Waals surface area (Å²) in [4.78, 5) is 24.3. The first kappa shape index (κ1) is 17.5. The third-order valence-electron chi connectivity index (χ3n) is 2.93. The van der Waals surface area contributed by atoms with E-state index in [-0.39, 0.29) is 11.9 Å².